The van der Waals surface area contributed by atoms with Crippen LogP contribution >= 0.6 is 15.9 Å². The summed E-state index contributed by atoms with van der Waals surface area (Å²) >= 11 is 3.53. The average molecular weight is 374 g/mol. The Balaban J connectivity index is 1.83. The first-order valence-electron chi connectivity index (χ1n) is 7.39. The highest BCUT2D eigenvalue weighted by Gasteiger charge is 2.26. The van der Waals surface area contributed by atoms with E-state index in [-0.39, 0.29) is 6.79 Å². The SMILES string of the molecule is Brc1cc2c3c(c1)nc(-c1ccnc4c1OCO4)n3CCCO2. The number of fused-ring (bicyclic) bond motifs is 1. The first-order valence-corrected chi connectivity index (χ1v) is 8.18. The van der Waals surface area contributed by atoms with E-state index in [4.69, 9.17) is 19.2 Å². The van der Waals surface area contributed by atoms with E-state index >= 15 is 0 Å². The van der Waals surface area contributed by atoms with Crippen LogP contribution in [0.1, 0.15) is 6.42 Å². The van der Waals surface area contributed by atoms with Gasteiger partial charge in [-0.05, 0) is 24.6 Å². The van der Waals surface area contributed by atoms with Crippen molar-refractivity contribution in [2.75, 3.05) is 13.4 Å². The smallest absolute Gasteiger partial charge is 0.260 e. The topological polar surface area (TPSA) is 58.4 Å². The van der Waals surface area contributed by atoms with Crippen LogP contribution in [0.2, 0.25) is 0 Å². The van der Waals surface area contributed by atoms with E-state index in [1.165, 1.54) is 0 Å². The zero-order chi connectivity index (χ0) is 15.4. The quantitative estimate of drug-likeness (QED) is 0.654. The van der Waals surface area contributed by atoms with Crippen LogP contribution in [0.5, 0.6) is 17.4 Å². The molecule has 0 atom stereocenters. The summed E-state index contributed by atoms with van der Waals surface area (Å²) in [5.74, 6) is 2.89. The molecule has 23 heavy (non-hydrogen) atoms. The zero-order valence-corrected chi connectivity index (χ0v) is 13.7. The van der Waals surface area contributed by atoms with Crippen molar-refractivity contribution >= 4 is 27.0 Å². The maximum absolute atomic E-state index is 5.88. The second-order valence-electron chi connectivity index (χ2n) is 5.46. The van der Waals surface area contributed by atoms with E-state index < -0.39 is 0 Å². The van der Waals surface area contributed by atoms with Gasteiger partial charge in [0.25, 0.3) is 5.88 Å². The Morgan fingerprint density at radius 2 is 2.13 bits per heavy atom. The molecule has 2 aromatic heterocycles. The third kappa shape index (κ3) is 1.92. The van der Waals surface area contributed by atoms with Crippen LogP contribution in [0.3, 0.4) is 0 Å². The summed E-state index contributed by atoms with van der Waals surface area (Å²) in [5, 5.41) is 0. The number of ether oxygens (including phenoxy) is 3. The number of hydrogen-bond acceptors (Lipinski definition) is 5. The van der Waals surface area contributed by atoms with Gasteiger partial charge in [0.15, 0.2) is 5.75 Å². The molecule has 3 aromatic rings. The minimum atomic E-state index is 0.194. The summed E-state index contributed by atoms with van der Waals surface area (Å²) < 4.78 is 20.0. The minimum absolute atomic E-state index is 0.194. The van der Waals surface area contributed by atoms with Crippen LogP contribution in [-0.2, 0) is 6.54 Å². The third-order valence-corrected chi connectivity index (χ3v) is 4.52. The lowest BCUT2D eigenvalue weighted by molar-refractivity contribution is 0.171. The number of aryl methyl sites for hydroxylation is 1. The summed E-state index contributed by atoms with van der Waals surface area (Å²) in [4.78, 5) is 9.03. The molecule has 0 bridgehead atoms. The molecule has 0 spiro atoms. The Kier molecular flexibility index (Phi) is 2.78. The Morgan fingerprint density at radius 3 is 3.09 bits per heavy atom. The van der Waals surface area contributed by atoms with Crippen molar-refractivity contribution in [3.05, 3.63) is 28.9 Å². The van der Waals surface area contributed by atoms with Gasteiger partial charge in [0.2, 0.25) is 6.79 Å². The van der Waals surface area contributed by atoms with Crippen molar-refractivity contribution < 1.29 is 14.2 Å². The molecule has 0 unspecified atom stereocenters. The van der Waals surface area contributed by atoms with Gasteiger partial charge in [-0.2, -0.15) is 0 Å². The molecule has 116 valence electrons. The highest BCUT2D eigenvalue weighted by molar-refractivity contribution is 9.10. The van der Waals surface area contributed by atoms with Gasteiger partial charge in [-0.25, -0.2) is 9.97 Å². The number of halogens is 1. The average Bonchev–Trinajstić information content (AvgIpc) is 3.09. The predicted molar refractivity (Wildman–Crippen MR) is 86.9 cm³/mol. The van der Waals surface area contributed by atoms with Crippen molar-refractivity contribution in [2.24, 2.45) is 0 Å². The summed E-state index contributed by atoms with van der Waals surface area (Å²) in [6.45, 7) is 1.73. The van der Waals surface area contributed by atoms with Gasteiger partial charge < -0.3 is 18.8 Å². The van der Waals surface area contributed by atoms with Crippen molar-refractivity contribution in [1.82, 2.24) is 14.5 Å². The van der Waals surface area contributed by atoms with Gasteiger partial charge in [-0.3, -0.25) is 0 Å². The largest absolute Gasteiger partial charge is 0.491 e. The van der Waals surface area contributed by atoms with Crippen molar-refractivity contribution in [3.63, 3.8) is 0 Å². The third-order valence-electron chi connectivity index (χ3n) is 4.07. The van der Waals surface area contributed by atoms with E-state index in [2.05, 4.69) is 25.5 Å². The number of pyridine rings is 1. The molecular weight excluding hydrogens is 362 g/mol. The monoisotopic (exact) mass is 373 g/mol. The maximum atomic E-state index is 5.88. The van der Waals surface area contributed by atoms with Crippen LogP contribution < -0.4 is 14.2 Å². The molecule has 2 aliphatic rings. The molecule has 5 rings (SSSR count). The highest BCUT2D eigenvalue weighted by Crippen LogP contribution is 2.42. The van der Waals surface area contributed by atoms with E-state index in [9.17, 15) is 0 Å². The molecule has 2 aliphatic heterocycles. The molecule has 6 nitrogen and oxygen atoms in total. The lowest BCUT2D eigenvalue weighted by Gasteiger charge is -2.08. The Hall–Kier alpha value is -2.28. The fraction of sp³-hybridized carbons (Fsp3) is 0.250. The number of benzene rings is 1. The minimum Gasteiger partial charge on any atom is -0.491 e. The number of aromatic nitrogens is 3. The van der Waals surface area contributed by atoms with Crippen LogP contribution in [0.25, 0.3) is 22.4 Å². The van der Waals surface area contributed by atoms with Crippen molar-refractivity contribution in [3.8, 4) is 28.8 Å². The maximum Gasteiger partial charge on any atom is 0.260 e. The standard InChI is InChI=1S/C16H12BrN3O3/c17-9-6-11-13-12(7-9)21-5-1-4-20(13)15(19-11)10-2-3-18-16-14(10)22-8-23-16/h2-3,6-7H,1,4-5,8H2. The predicted octanol–water partition coefficient (Wildman–Crippen LogP) is 3.37. The van der Waals surface area contributed by atoms with Gasteiger partial charge in [0.05, 0.1) is 17.7 Å². The van der Waals surface area contributed by atoms with Gasteiger partial charge >= 0.3 is 0 Å². The van der Waals surface area contributed by atoms with Crippen molar-refractivity contribution in [1.29, 1.82) is 0 Å². The fourth-order valence-electron chi connectivity index (χ4n) is 3.13. The second-order valence-corrected chi connectivity index (χ2v) is 6.38. The molecule has 0 N–H and O–H groups in total. The molecule has 0 saturated heterocycles. The lowest BCUT2D eigenvalue weighted by atomic mass is 10.2. The van der Waals surface area contributed by atoms with E-state index in [1.807, 2.05) is 18.2 Å². The molecule has 7 heteroatoms. The molecule has 0 aliphatic carbocycles. The van der Waals surface area contributed by atoms with Gasteiger partial charge in [-0.1, -0.05) is 15.9 Å². The second kappa shape index (κ2) is 4.86. The van der Waals surface area contributed by atoms with E-state index in [1.54, 1.807) is 6.20 Å². The number of hydrogen-bond donors (Lipinski definition) is 0. The normalized spacial score (nSPS) is 15.5. The van der Waals surface area contributed by atoms with Gasteiger partial charge in [0, 0.05) is 17.2 Å². The van der Waals surface area contributed by atoms with Gasteiger partial charge in [-0.15, -0.1) is 0 Å². The fourth-order valence-corrected chi connectivity index (χ4v) is 3.55. The highest BCUT2D eigenvalue weighted by atomic mass is 79.9. The van der Waals surface area contributed by atoms with E-state index in [0.29, 0.717) is 18.2 Å². The summed E-state index contributed by atoms with van der Waals surface area (Å²) in [5.41, 5.74) is 2.81. The van der Waals surface area contributed by atoms with Crippen LogP contribution in [0.4, 0.5) is 0 Å². The first kappa shape index (κ1) is 13.2. The van der Waals surface area contributed by atoms with Crippen LogP contribution in [-0.4, -0.2) is 27.9 Å². The zero-order valence-electron chi connectivity index (χ0n) is 12.1. The summed E-state index contributed by atoms with van der Waals surface area (Å²) in [6, 6.07) is 5.91. The molecule has 1 aromatic carbocycles. The lowest BCUT2D eigenvalue weighted by Crippen LogP contribution is -2.02. The molecule has 0 radical (unpaired) electrons. The molecule has 0 saturated carbocycles. The molecule has 0 amide bonds. The van der Waals surface area contributed by atoms with E-state index in [0.717, 1.165) is 45.6 Å². The van der Waals surface area contributed by atoms with Crippen molar-refractivity contribution in [2.45, 2.75) is 13.0 Å². The summed E-state index contributed by atoms with van der Waals surface area (Å²) in [7, 11) is 0. The number of rotatable bonds is 1. The van der Waals surface area contributed by atoms with Gasteiger partial charge in [0.1, 0.15) is 17.1 Å². The molecule has 4 heterocycles. The van der Waals surface area contributed by atoms with Crippen LogP contribution in [0, 0.1) is 0 Å². The van der Waals surface area contributed by atoms with Crippen LogP contribution in [0.15, 0.2) is 28.9 Å². The molecular formula is C16H12BrN3O3. The number of imidazole rings is 1. The Morgan fingerprint density at radius 1 is 1.17 bits per heavy atom. The first-order chi connectivity index (χ1) is 11.3. The number of nitrogens with zero attached hydrogens (tertiary/aromatic N) is 3. The summed E-state index contributed by atoms with van der Waals surface area (Å²) in [6.07, 6.45) is 2.65. The molecule has 0 fully saturated rings. The Bertz CT molecular complexity index is 938. The Labute approximate surface area is 140 Å².